The number of hydrogen-bond donors (Lipinski definition) is 0. The maximum absolute atomic E-state index is 11.9. The Morgan fingerprint density at radius 2 is 1.89 bits per heavy atom. The highest BCUT2D eigenvalue weighted by molar-refractivity contribution is 5.72. The van der Waals surface area contributed by atoms with Crippen LogP contribution in [0.1, 0.15) is 51.5 Å². The van der Waals surface area contributed by atoms with Crippen LogP contribution in [-0.4, -0.2) is 5.97 Å². The molecule has 1 atom stereocenters. The molecule has 1 aromatic carbocycles. The van der Waals surface area contributed by atoms with Crippen LogP contribution < -0.4 is 0 Å². The van der Waals surface area contributed by atoms with Crippen molar-refractivity contribution >= 4 is 5.97 Å². The van der Waals surface area contributed by atoms with E-state index in [1.165, 1.54) is 12.8 Å². The molecule has 0 saturated heterocycles. The number of esters is 1. The van der Waals surface area contributed by atoms with E-state index in [1.807, 2.05) is 30.3 Å². The summed E-state index contributed by atoms with van der Waals surface area (Å²) >= 11 is 0. The second-order valence-electron chi connectivity index (χ2n) is 4.69. The number of hydrogen-bond acceptors (Lipinski definition) is 2. The third kappa shape index (κ3) is 5.35. The fourth-order valence-corrected chi connectivity index (χ4v) is 1.98. The minimum Gasteiger partial charge on any atom is -0.461 e. The molecule has 0 spiro atoms. The van der Waals surface area contributed by atoms with Crippen molar-refractivity contribution in [1.29, 1.82) is 0 Å². The zero-order valence-corrected chi connectivity index (χ0v) is 11.5. The number of ether oxygens (including phenoxy) is 1. The minimum atomic E-state index is -0.0440. The Labute approximate surface area is 110 Å². The molecule has 0 N–H and O–H groups in total. The van der Waals surface area contributed by atoms with Crippen molar-refractivity contribution in [2.24, 2.45) is 5.92 Å². The van der Waals surface area contributed by atoms with Gasteiger partial charge in [-0.1, -0.05) is 63.4 Å². The van der Waals surface area contributed by atoms with Gasteiger partial charge in [-0.25, -0.2) is 0 Å². The van der Waals surface area contributed by atoms with E-state index >= 15 is 0 Å². The Bertz CT molecular complexity index is 332. The first kappa shape index (κ1) is 14.7. The molecule has 1 aromatic rings. The number of unbranched alkanes of at least 4 members (excludes halogenated alkanes) is 2. The summed E-state index contributed by atoms with van der Waals surface area (Å²) in [6.07, 6.45) is 5.34. The Morgan fingerprint density at radius 1 is 1.17 bits per heavy atom. The predicted molar refractivity (Wildman–Crippen MR) is 74.2 cm³/mol. The Balaban J connectivity index is 2.33. The molecule has 0 saturated carbocycles. The van der Waals surface area contributed by atoms with Crippen LogP contribution in [0, 0.1) is 5.92 Å². The summed E-state index contributed by atoms with van der Waals surface area (Å²) in [5.74, 6) is 0.0257. The van der Waals surface area contributed by atoms with Crippen LogP contribution in [0.25, 0.3) is 0 Å². The molecule has 0 aliphatic rings. The zero-order chi connectivity index (χ0) is 13.2. The van der Waals surface area contributed by atoms with Gasteiger partial charge >= 0.3 is 5.97 Å². The topological polar surface area (TPSA) is 26.3 Å². The van der Waals surface area contributed by atoms with Crippen LogP contribution in [0.4, 0.5) is 0 Å². The van der Waals surface area contributed by atoms with Crippen molar-refractivity contribution in [1.82, 2.24) is 0 Å². The standard InChI is InChI=1S/C16H24O2/c1-3-5-7-12-15(4-2)16(17)18-13-14-10-8-6-9-11-14/h6,8-11,15H,3-5,7,12-13H2,1-2H3. The van der Waals surface area contributed by atoms with E-state index in [-0.39, 0.29) is 11.9 Å². The first-order chi connectivity index (χ1) is 8.77. The molecule has 2 heteroatoms. The average Bonchev–Trinajstić information content (AvgIpc) is 2.42. The lowest BCUT2D eigenvalue weighted by molar-refractivity contribution is -0.150. The smallest absolute Gasteiger partial charge is 0.309 e. The minimum absolute atomic E-state index is 0.0440. The average molecular weight is 248 g/mol. The molecule has 1 rings (SSSR count). The molecule has 0 aliphatic heterocycles. The van der Waals surface area contributed by atoms with Crippen molar-refractivity contribution in [2.45, 2.75) is 52.6 Å². The number of carbonyl (C=O) groups excluding carboxylic acids is 1. The van der Waals surface area contributed by atoms with E-state index in [2.05, 4.69) is 13.8 Å². The summed E-state index contributed by atoms with van der Waals surface area (Å²) in [6.45, 7) is 4.62. The van der Waals surface area contributed by atoms with Gasteiger partial charge in [0.1, 0.15) is 6.61 Å². The molecule has 0 amide bonds. The van der Waals surface area contributed by atoms with Gasteiger partial charge in [0.05, 0.1) is 5.92 Å². The van der Waals surface area contributed by atoms with E-state index in [9.17, 15) is 4.79 Å². The summed E-state index contributed by atoms with van der Waals surface area (Å²) in [5, 5.41) is 0. The van der Waals surface area contributed by atoms with E-state index in [0.29, 0.717) is 6.61 Å². The lowest BCUT2D eigenvalue weighted by atomic mass is 9.99. The Morgan fingerprint density at radius 3 is 2.50 bits per heavy atom. The monoisotopic (exact) mass is 248 g/mol. The highest BCUT2D eigenvalue weighted by atomic mass is 16.5. The lowest BCUT2D eigenvalue weighted by Crippen LogP contribution is -2.17. The fourth-order valence-electron chi connectivity index (χ4n) is 1.98. The highest BCUT2D eigenvalue weighted by Crippen LogP contribution is 2.16. The molecule has 0 fully saturated rings. The van der Waals surface area contributed by atoms with Gasteiger partial charge in [0, 0.05) is 0 Å². The van der Waals surface area contributed by atoms with Crippen LogP contribution in [-0.2, 0) is 16.1 Å². The van der Waals surface area contributed by atoms with Gasteiger partial charge in [0.2, 0.25) is 0 Å². The van der Waals surface area contributed by atoms with Gasteiger partial charge in [0.15, 0.2) is 0 Å². The molecule has 0 radical (unpaired) electrons. The SMILES string of the molecule is CCCCCC(CC)C(=O)OCc1ccccc1. The fraction of sp³-hybridized carbons (Fsp3) is 0.562. The third-order valence-electron chi connectivity index (χ3n) is 3.21. The van der Waals surface area contributed by atoms with Crippen LogP contribution in [0.3, 0.4) is 0 Å². The first-order valence-electron chi connectivity index (χ1n) is 6.98. The summed E-state index contributed by atoms with van der Waals surface area (Å²) in [7, 11) is 0. The Kier molecular flexibility index (Phi) is 7.16. The summed E-state index contributed by atoms with van der Waals surface area (Å²) in [6, 6.07) is 9.84. The highest BCUT2D eigenvalue weighted by Gasteiger charge is 2.17. The molecule has 0 heterocycles. The van der Waals surface area contributed by atoms with Gasteiger partial charge in [-0.05, 0) is 18.4 Å². The molecule has 2 nitrogen and oxygen atoms in total. The van der Waals surface area contributed by atoms with Crippen molar-refractivity contribution in [3.8, 4) is 0 Å². The van der Waals surface area contributed by atoms with Gasteiger partial charge in [0.25, 0.3) is 0 Å². The van der Waals surface area contributed by atoms with E-state index < -0.39 is 0 Å². The lowest BCUT2D eigenvalue weighted by Gasteiger charge is -2.13. The predicted octanol–water partition coefficient (Wildman–Crippen LogP) is 4.34. The summed E-state index contributed by atoms with van der Waals surface area (Å²) < 4.78 is 5.37. The quantitative estimate of drug-likeness (QED) is 0.505. The van der Waals surface area contributed by atoms with Crippen molar-refractivity contribution in [2.75, 3.05) is 0 Å². The van der Waals surface area contributed by atoms with Crippen molar-refractivity contribution < 1.29 is 9.53 Å². The number of benzene rings is 1. The molecule has 100 valence electrons. The largest absolute Gasteiger partial charge is 0.461 e. The zero-order valence-electron chi connectivity index (χ0n) is 11.5. The molecular weight excluding hydrogens is 224 g/mol. The van der Waals surface area contributed by atoms with Crippen LogP contribution in [0.15, 0.2) is 30.3 Å². The molecule has 1 unspecified atom stereocenters. The van der Waals surface area contributed by atoms with E-state index in [1.54, 1.807) is 0 Å². The summed E-state index contributed by atoms with van der Waals surface area (Å²) in [4.78, 5) is 11.9. The molecule has 18 heavy (non-hydrogen) atoms. The summed E-state index contributed by atoms with van der Waals surface area (Å²) in [5.41, 5.74) is 1.05. The Hall–Kier alpha value is -1.31. The molecular formula is C16H24O2. The van der Waals surface area contributed by atoms with Crippen molar-refractivity contribution in [3.63, 3.8) is 0 Å². The maximum atomic E-state index is 11.9. The first-order valence-corrected chi connectivity index (χ1v) is 6.98. The van der Waals surface area contributed by atoms with E-state index in [0.717, 1.165) is 24.8 Å². The van der Waals surface area contributed by atoms with Gasteiger partial charge in [-0.3, -0.25) is 4.79 Å². The van der Waals surface area contributed by atoms with E-state index in [4.69, 9.17) is 4.74 Å². The maximum Gasteiger partial charge on any atom is 0.309 e. The normalized spacial score (nSPS) is 12.1. The van der Waals surface area contributed by atoms with Crippen molar-refractivity contribution in [3.05, 3.63) is 35.9 Å². The number of carbonyl (C=O) groups is 1. The van der Waals surface area contributed by atoms with Gasteiger partial charge in [-0.2, -0.15) is 0 Å². The van der Waals surface area contributed by atoms with Crippen LogP contribution in [0.5, 0.6) is 0 Å². The number of rotatable bonds is 8. The van der Waals surface area contributed by atoms with Crippen LogP contribution >= 0.6 is 0 Å². The van der Waals surface area contributed by atoms with Crippen LogP contribution in [0.2, 0.25) is 0 Å². The van der Waals surface area contributed by atoms with Gasteiger partial charge in [-0.15, -0.1) is 0 Å². The molecule has 0 aliphatic carbocycles. The van der Waals surface area contributed by atoms with Gasteiger partial charge < -0.3 is 4.74 Å². The third-order valence-corrected chi connectivity index (χ3v) is 3.21. The second-order valence-corrected chi connectivity index (χ2v) is 4.69. The molecule has 0 aromatic heterocycles. The molecule has 0 bridgehead atoms. The second kappa shape index (κ2) is 8.73.